The number of rotatable bonds is 3. The Morgan fingerprint density at radius 3 is 2.94 bits per heavy atom. The van der Waals surface area contributed by atoms with E-state index in [0.717, 1.165) is 29.4 Å². The molecule has 1 fully saturated rings. The van der Waals surface area contributed by atoms with Crippen LogP contribution in [0.5, 0.6) is 0 Å². The molecule has 0 aliphatic carbocycles. The zero-order valence-corrected chi connectivity index (χ0v) is 11.1. The first-order valence-electron chi connectivity index (χ1n) is 5.84. The third-order valence-electron chi connectivity index (χ3n) is 3.55. The lowest BCUT2D eigenvalue weighted by molar-refractivity contribution is 0.359. The molecule has 1 aromatic rings. The van der Waals surface area contributed by atoms with Crippen molar-refractivity contribution in [3.8, 4) is 0 Å². The highest BCUT2D eigenvalue weighted by atomic mass is 79.9. The van der Waals surface area contributed by atoms with Crippen LogP contribution in [0.4, 0.5) is 4.39 Å². The van der Waals surface area contributed by atoms with Crippen LogP contribution in [0, 0.1) is 5.82 Å². The molecule has 0 saturated carbocycles. The van der Waals surface area contributed by atoms with E-state index in [-0.39, 0.29) is 11.4 Å². The Hall–Kier alpha value is -0.410. The molecule has 1 heterocycles. The monoisotopic (exact) mass is 285 g/mol. The third kappa shape index (κ3) is 2.46. The number of nitrogens with one attached hydrogen (secondary N) is 1. The van der Waals surface area contributed by atoms with Crippen LogP contribution in [-0.4, -0.2) is 12.1 Å². The van der Waals surface area contributed by atoms with Gasteiger partial charge in [0.25, 0.3) is 0 Å². The summed E-state index contributed by atoms with van der Waals surface area (Å²) in [4.78, 5) is 0. The van der Waals surface area contributed by atoms with Gasteiger partial charge in [0, 0.05) is 10.0 Å². The SMILES string of the molecule is CCC1(Cc2cc(F)ccc2Br)CCCN1. The van der Waals surface area contributed by atoms with Gasteiger partial charge in [-0.05, 0) is 56.0 Å². The molecule has 2 rings (SSSR count). The third-order valence-corrected chi connectivity index (χ3v) is 4.32. The molecular formula is C13H17BrFN. The van der Waals surface area contributed by atoms with Crippen LogP contribution >= 0.6 is 15.9 Å². The molecule has 1 aliphatic rings. The molecule has 88 valence electrons. The van der Waals surface area contributed by atoms with Crippen LogP contribution in [0.2, 0.25) is 0 Å². The molecule has 1 aromatic carbocycles. The van der Waals surface area contributed by atoms with Crippen molar-refractivity contribution < 1.29 is 4.39 Å². The van der Waals surface area contributed by atoms with E-state index in [1.54, 1.807) is 12.1 Å². The van der Waals surface area contributed by atoms with Crippen molar-refractivity contribution in [2.75, 3.05) is 6.54 Å². The van der Waals surface area contributed by atoms with Gasteiger partial charge in [0.15, 0.2) is 0 Å². The Kier molecular flexibility index (Phi) is 3.65. The molecule has 0 aromatic heterocycles. The number of benzene rings is 1. The molecule has 1 nitrogen and oxygen atoms in total. The summed E-state index contributed by atoms with van der Waals surface area (Å²) < 4.78 is 14.2. The van der Waals surface area contributed by atoms with E-state index in [4.69, 9.17) is 0 Å². The molecule has 1 N–H and O–H groups in total. The van der Waals surface area contributed by atoms with Gasteiger partial charge < -0.3 is 5.32 Å². The first-order chi connectivity index (χ1) is 7.65. The first kappa shape index (κ1) is 12.1. The fourth-order valence-corrected chi connectivity index (χ4v) is 2.88. The Bertz CT molecular complexity index is 372. The maximum absolute atomic E-state index is 13.2. The van der Waals surface area contributed by atoms with Gasteiger partial charge in [-0.1, -0.05) is 22.9 Å². The first-order valence-corrected chi connectivity index (χ1v) is 6.63. The Labute approximate surface area is 105 Å². The number of halogens is 2. The van der Waals surface area contributed by atoms with E-state index >= 15 is 0 Å². The normalized spacial score (nSPS) is 24.9. The van der Waals surface area contributed by atoms with Crippen LogP contribution in [-0.2, 0) is 6.42 Å². The summed E-state index contributed by atoms with van der Waals surface area (Å²) in [7, 11) is 0. The van der Waals surface area contributed by atoms with Crippen molar-refractivity contribution in [1.29, 1.82) is 0 Å². The largest absolute Gasteiger partial charge is 0.311 e. The van der Waals surface area contributed by atoms with Crippen LogP contribution in [0.1, 0.15) is 31.7 Å². The Balaban J connectivity index is 2.21. The molecule has 1 atom stereocenters. The topological polar surface area (TPSA) is 12.0 Å². The second-order valence-electron chi connectivity index (χ2n) is 4.58. The number of hydrogen-bond acceptors (Lipinski definition) is 1. The highest BCUT2D eigenvalue weighted by Crippen LogP contribution is 2.30. The second kappa shape index (κ2) is 4.84. The molecule has 0 spiro atoms. The molecule has 1 unspecified atom stereocenters. The van der Waals surface area contributed by atoms with Crippen LogP contribution < -0.4 is 5.32 Å². The second-order valence-corrected chi connectivity index (χ2v) is 5.43. The minimum absolute atomic E-state index is 0.151. The molecule has 0 radical (unpaired) electrons. The minimum Gasteiger partial charge on any atom is -0.311 e. The van der Waals surface area contributed by atoms with Gasteiger partial charge in [0.05, 0.1) is 0 Å². The molecule has 1 saturated heterocycles. The lowest BCUT2D eigenvalue weighted by atomic mass is 9.87. The van der Waals surface area contributed by atoms with Gasteiger partial charge in [0.2, 0.25) is 0 Å². The molecule has 3 heteroatoms. The average Bonchev–Trinajstić information content (AvgIpc) is 2.73. The van der Waals surface area contributed by atoms with Crippen molar-refractivity contribution in [3.63, 3.8) is 0 Å². The predicted molar refractivity (Wildman–Crippen MR) is 68.1 cm³/mol. The molecule has 0 amide bonds. The molecule has 1 aliphatic heterocycles. The van der Waals surface area contributed by atoms with Gasteiger partial charge in [-0.3, -0.25) is 0 Å². The predicted octanol–water partition coefficient (Wildman–Crippen LogP) is 3.66. The molecule has 16 heavy (non-hydrogen) atoms. The lowest BCUT2D eigenvalue weighted by Gasteiger charge is -2.28. The molecular weight excluding hydrogens is 269 g/mol. The average molecular weight is 286 g/mol. The standard InChI is InChI=1S/C13H17BrFN/c1-2-13(6-3-7-16-13)9-10-8-11(15)4-5-12(10)14/h4-5,8,16H,2-3,6-7,9H2,1H3. The summed E-state index contributed by atoms with van der Waals surface area (Å²) in [6, 6.07) is 4.93. The summed E-state index contributed by atoms with van der Waals surface area (Å²) in [6.07, 6.45) is 4.41. The smallest absolute Gasteiger partial charge is 0.123 e. The quantitative estimate of drug-likeness (QED) is 0.894. The van der Waals surface area contributed by atoms with Gasteiger partial charge in [0.1, 0.15) is 5.82 Å². The van der Waals surface area contributed by atoms with E-state index in [0.29, 0.717) is 0 Å². The summed E-state index contributed by atoms with van der Waals surface area (Å²) >= 11 is 3.50. The minimum atomic E-state index is -0.151. The Morgan fingerprint density at radius 1 is 1.50 bits per heavy atom. The Morgan fingerprint density at radius 2 is 2.31 bits per heavy atom. The van der Waals surface area contributed by atoms with E-state index in [1.807, 2.05) is 0 Å². The summed E-state index contributed by atoms with van der Waals surface area (Å²) in [5.41, 5.74) is 1.24. The van der Waals surface area contributed by atoms with Crippen molar-refractivity contribution in [3.05, 3.63) is 34.1 Å². The van der Waals surface area contributed by atoms with Crippen LogP contribution in [0.25, 0.3) is 0 Å². The van der Waals surface area contributed by atoms with Crippen molar-refractivity contribution >= 4 is 15.9 Å². The lowest BCUT2D eigenvalue weighted by Crippen LogP contribution is -2.41. The summed E-state index contributed by atoms with van der Waals surface area (Å²) in [5, 5.41) is 3.57. The van der Waals surface area contributed by atoms with Gasteiger partial charge in [-0.15, -0.1) is 0 Å². The van der Waals surface area contributed by atoms with Crippen molar-refractivity contribution in [1.82, 2.24) is 5.32 Å². The van der Waals surface area contributed by atoms with Gasteiger partial charge >= 0.3 is 0 Å². The summed E-state index contributed by atoms with van der Waals surface area (Å²) in [5.74, 6) is -0.151. The highest BCUT2D eigenvalue weighted by molar-refractivity contribution is 9.10. The van der Waals surface area contributed by atoms with E-state index in [2.05, 4.69) is 28.2 Å². The number of hydrogen-bond donors (Lipinski definition) is 1. The van der Waals surface area contributed by atoms with Gasteiger partial charge in [-0.2, -0.15) is 0 Å². The van der Waals surface area contributed by atoms with E-state index in [9.17, 15) is 4.39 Å². The fraction of sp³-hybridized carbons (Fsp3) is 0.538. The van der Waals surface area contributed by atoms with Crippen LogP contribution in [0.15, 0.2) is 22.7 Å². The highest BCUT2D eigenvalue weighted by Gasteiger charge is 2.32. The zero-order valence-electron chi connectivity index (χ0n) is 9.52. The fourth-order valence-electron chi connectivity index (χ4n) is 2.49. The zero-order chi connectivity index (χ0) is 11.6. The van der Waals surface area contributed by atoms with E-state index in [1.165, 1.54) is 18.9 Å². The maximum atomic E-state index is 13.2. The van der Waals surface area contributed by atoms with Gasteiger partial charge in [-0.25, -0.2) is 4.39 Å². The van der Waals surface area contributed by atoms with Crippen LogP contribution in [0.3, 0.4) is 0 Å². The molecule has 0 bridgehead atoms. The van der Waals surface area contributed by atoms with Crippen molar-refractivity contribution in [2.45, 2.75) is 38.1 Å². The van der Waals surface area contributed by atoms with Crippen molar-refractivity contribution in [2.24, 2.45) is 0 Å². The summed E-state index contributed by atoms with van der Waals surface area (Å²) in [6.45, 7) is 3.28. The maximum Gasteiger partial charge on any atom is 0.123 e. The van der Waals surface area contributed by atoms with E-state index < -0.39 is 0 Å².